The second-order valence-electron chi connectivity index (χ2n) is 7.32. The molecule has 0 radical (unpaired) electrons. The molecule has 174 valence electrons. The van der Waals surface area contributed by atoms with Gasteiger partial charge in [0.1, 0.15) is 5.69 Å². The van der Waals surface area contributed by atoms with E-state index in [1.54, 1.807) is 24.3 Å². The van der Waals surface area contributed by atoms with Gasteiger partial charge < -0.3 is 5.41 Å². The van der Waals surface area contributed by atoms with Crippen LogP contribution in [-0.2, 0) is 0 Å². The van der Waals surface area contributed by atoms with E-state index in [9.17, 15) is 22.8 Å². The van der Waals surface area contributed by atoms with Crippen molar-refractivity contribution in [3.8, 4) is 5.69 Å². The van der Waals surface area contributed by atoms with Crippen LogP contribution in [0.25, 0.3) is 5.69 Å². The summed E-state index contributed by atoms with van der Waals surface area (Å²) in [7, 11) is 0. The molecule has 0 saturated carbocycles. The van der Waals surface area contributed by atoms with Gasteiger partial charge in [-0.25, -0.2) is 13.9 Å². The Morgan fingerprint density at radius 2 is 1.88 bits per heavy atom. The normalized spacial score (nSPS) is 14.2. The molecule has 2 heterocycles. The van der Waals surface area contributed by atoms with Gasteiger partial charge in [0.05, 0.1) is 11.4 Å². The number of nitrogens with zero attached hydrogens (tertiary/aromatic N) is 5. The molecule has 3 aromatic rings. The highest BCUT2D eigenvalue weighted by Crippen LogP contribution is 2.26. The van der Waals surface area contributed by atoms with Crippen LogP contribution in [0.15, 0.2) is 70.6 Å². The Kier molecular flexibility index (Phi) is 6.53. The van der Waals surface area contributed by atoms with E-state index in [1.807, 2.05) is 6.07 Å². The number of benzene rings is 2. The molecular weight excluding hydrogens is 449 g/mol. The van der Waals surface area contributed by atoms with Crippen LogP contribution < -0.4 is 10.3 Å². The topological polar surface area (TPSA) is 94.7 Å². The van der Waals surface area contributed by atoms with E-state index in [1.165, 1.54) is 24.4 Å². The predicted molar refractivity (Wildman–Crippen MR) is 121 cm³/mol. The van der Waals surface area contributed by atoms with Gasteiger partial charge >= 0.3 is 12.6 Å². The van der Waals surface area contributed by atoms with E-state index in [4.69, 9.17) is 5.41 Å². The summed E-state index contributed by atoms with van der Waals surface area (Å²) in [5.41, 5.74) is 0.439. The number of rotatable bonds is 7. The first-order valence-corrected chi connectivity index (χ1v) is 10.3. The fraction of sp³-hybridized carbons (Fsp3) is 0.174. The Balaban J connectivity index is 1.69. The van der Waals surface area contributed by atoms with Crippen LogP contribution in [0.1, 0.15) is 12.1 Å². The molecule has 0 unspecified atom stereocenters. The lowest BCUT2D eigenvalue weighted by Gasteiger charge is -2.18. The predicted octanol–water partition coefficient (Wildman–Crippen LogP) is 4.00. The first-order valence-electron chi connectivity index (χ1n) is 10.3. The van der Waals surface area contributed by atoms with Crippen LogP contribution in [0.5, 0.6) is 0 Å². The van der Waals surface area contributed by atoms with E-state index < -0.39 is 23.8 Å². The molecule has 0 spiro atoms. The number of halogens is 3. The maximum atomic E-state index is 15.0. The number of amides is 2. The second kappa shape index (κ2) is 9.69. The van der Waals surface area contributed by atoms with E-state index in [-0.39, 0.29) is 42.3 Å². The van der Waals surface area contributed by atoms with Gasteiger partial charge in [-0.1, -0.05) is 18.2 Å². The molecule has 8 nitrogen and oxygen atoms in total. The van der Waals surface area contributed by atoms with Crippen molar-refractivity contribution in [1.82, 2.24) is 14.7 Å². The van der Waals surface area contributed by atoms with E-state index >= 15 is 0 Å². The maximum Gasteiger partial charge on any atom is 0.328 e. The molecule has 0 atom stereocenters. The average Bonchev–Trinajstić information content (AvgIpc) is 3.21. The molecular formula is C23H19F3N6O2. The molecule has 1 aliphatic rings. The average molecular weight is 468 g/mol. The summed E-state index contributed by atoms with van der Waals surface area (Å²) < 4.78 is 42.0. The van der Waals surface area contributed by atoms with Crippen LogP contribution in [0, 0.1) is 11.2 Å². The van der Waals surface area contributed by atoms with Crippen LogP contribution in [0.2, 0.25) is 0 Å². The summed E-state index contributed by atoms with van der Waals surface area (Å²) in [5, 5.41) is 11.7. The third-order valence-corrected chi connectivity index (χ3v) is 5.16. The van der Waals surface area contributed by atoms with Crippen molar-refractivity contribution in [2.75, 3.05) is 18.0 Å². The zero-order chi connectivity index (χ0) is 24.2. The summed E-state index contributed by atoms with van der Waals surface area (Å²) in [4.78, 5) is 30.5. The number of hydrogen-bond donors (Lipinski definition) is 1. The summed E-state index contributed by atoms with van der Waals surface area (Å²) in [6.07, 6.45) is 2.42. The first kappa shape index (κ1) is 22.9. The summed E-state index contributed by atoms with van der Waals surface area (Å²) in [6.45, 7) is -3.09. The summed E-state index contributed by atoms with van der Waals surface area (Å²) >= 11 is 0. The molecule has 1 saturated heterocycles. The maximum absolute atomic E-state index is 15.0. The minimum Gasteiger partial charge on any atom is -0.313 e. The SMILES string of the molecule is N=CCC(=Nc1ccccc1)c1nn(-c2ccc(N3CCN(C(F)F)C3=O)cc2F)ccc1=O. The Morgan fingerprint density at radius 1 is 1.12 bits per heavy atom. The number of anilines is 1. The van der Waals surface area contributed by atoms with Crippen molar-refractivity contribution in [1.29, 1.82) is 5.41 Å². The minimum absolute atomic E-state index is 0.00527. The monoisotopic (exact) mass is 468 g/mol. The molecule has 0 aliphatic carbocycles. The Hall–Kier alpha value is -4.28. The number of nitrogens with one attached hydrogen (secondary N) is 1. The third-order valence-electron chi connectivity index (χ3n) is 5.16. The zero-order valence-electron chi connectivity index (χ0n) is 17.7. The molecule has 1 aromatic heterocycles. The van der Waals surface area contributed by atoms with Gasteiger partial charge in [-0.05, 0) is 30.3 Å². The molecule has 2 amide bonds. The van der Waals surface area contributed by atoms with Crippen molar-refractivity contribution < 1.29 is 18.0 Å². The van der Waals surface area contributed by atoms with Crippen LogP contribution in [0.4, 0.5) is 29.3 Å². The van der Waals surface area contributed by atoms with Crippen LogP contribution in [-0.4, -0.2) is 52.3 Å². The van der Waals surface area contributed by atoms with Crippen molar-refractivity contribution in [3.63, 3.8) is 0 Å². The highest BCUT2D eigenvalue weighted by atomic mass is 19.3. The fourth-order valence-corrected chi connectivity index (χ4v) is 3.52. The molecule has 1 aliphatic heterocycles. The molecule has 2 aromatic carbocycles. The number of para-hydroxylation sites is 1. The van der Waals surface area contributed by atoms with Gasteiger partial charge in [0.25, 0.3) is 0 Å². The van der Waals surface area contributed by atoms with Gasteiger partial charge in [0.2, 0.25) is 5.43 Å². The Bertz CT molecular complexity index is 1310. The van der Waals surface area contributed by atoms with Crippen molar-refractivity contribution in [2.45, 2.75) is 13.0 Å². The summed E-state index contributed by atoms with van der Waals surface area (Å²) in [6, 6.07) is 13.0. The number of urea groups is 1. The number of carbonyl (C=O) groups excluding carboxylic acids is 1. The highest BCUT2D eigenvalue weighted by Gasteiger charge is 2.35. The smallest absolute Gasteiger partial charge is 0.313 e. The quantitative estimate of drug-likeness (QED) is 0.420. The Labute approximate surface area is 192 Å². The van der Waals surface area contributed by atoms with Crippen molar-refractivity contribution >= 4 is 29.3 Å². The van der Waals surface area contributed by atoms with E-state index in [2.05, 4.69) is 10.1 Å². The number of alkyl halides is 2. The lowest BCUT2D eigenvalue weighted by molar-refractivity contribution is 0.0151. The van der Waals surface area contributed by atoms with Gasteiger partial charge in [-0.2, -0.15) is 13.9 Å². The van der Waals surface area contributed by atoms with Crippen LogP contribution >= 0.6 is 0 Å². The molecule has 4 rings (SSSR count). The number of aromatic nitrogens is 2. The van der Waals surface area contributed by atoms with E-state index in [0.29, 0.717) is 10.6 Å². The van der Waals surface area contributed by atoms with Gasteiger partial charge in [-0.3, -0.25) is 19.6 Å². The van der Waals surface area contributed by atoms with Gasteiger partial charge in [-0.15, -0.1) is 0 Å². The summed E-state index contributed by atoms with van der Waals surface area (Å²) in [5.74, 6) is -0.767. The highest BCUT2D eigenvalue weighted by molar-refractivity contribution is 6.06. The zero-order valence-corrected chi connectivity index (χ0v) is 17.7. The van der Waals surface area contributed by atoms with Crippen molar-refractivity contribution in [3.05, 3.63) is 82.5 Å². The first-order chi connectivity index (χ1) is 16.4. The number of carbonyl (C=O) groups is 1. The Morgan fingerprint density at radius 3 is 2.53 bits per heavy atom. The largest absolute Gasteiger partial charge is 0.328 e. The fourth-order valence-electron chi connectivity index (χ4n) is 3.52. The number of aliphatic imine (C=N–C) groups is 1. The molecule has 1 N–H and O–H groups in total. The lowest BCUT2D eigenvalue weighted by atomic mass is 10.2. The second-order valence-corrected chi connectivity index (χ2v) is 7.32. The third kappa shape index (κ3) is 4.58. The molecule has 11 heteroatoms. The van der Waals surface area contributed by atoms with E-state index in [0.717, 1.165) is 21.9 Å². The van der Waals surface area contributed by atoms with Gasteiger partial charge in [0.15, 0.2) is 11.5 Å². The van der Waals surface area contributed by atoms with Crippen molar-refractivity contribution in [2.24, 2.45) is 4.99 Å². The standard InChI is InChI=1S/C23H19F3N6O2/c24-17-14-16(30-12-13-31(22(25)26)23(30)34)6-7-19(17)32-11-9-20(33)21(29-32)18(8-10-27)28-15-4-2-1-3-5-15/h1-7,9-11,14,22,27H,8,12-13H2. The molecule has 34 heavy (non-hydrogen) atoms. The lowest BCUT2D eigenvalue weighted by Crippen LogP contribution is -2.35. The van der Waals surface area contributed by atoms with Gasteiger partial charge in [0, 0.05) is 43.7 Å². The van der Waals surface area contributed by atoms with Crippen LogP contribution in [0.3, 0.4) is 0 Å². The molecule has 1 fully saturated rings. The number of hydrogen-bond acceptors (Lipinski definition) is 5. The molecule has 0 bridgehead atoms. The minimum atomic E-state index is -2.93.